The van der Waals surface area contributed by atoms with Crippen LogP contribution in [0.25, 0.3) is 16.7 Å². The Hall–Kier alpha value is -4.13. The number of aryl methyl sites for hydroxylation is 1. The fraction of sp³-hybridized carbons (Fsp3) is 0.346. The maximum absolute atomic E-state index is 13.7. The summed E-state index contributed by atoms with van der Waals surface area (Å²) >= 11 is 6.26. The van der Waals surface area contributed by atoms with Gasteiger partial charge in [0.25, 0.3) is 11.8 Å². The second-order valence-corrected chi connectivity index (χ2v) is 10.5. The molecule has 14 heteroatoms. The number of aromatic amines is 1. The van der Waals surface area contributed by atoms with Gasteiger partial charge in [-0.2, -0.15) is 18.3 Å². The fourth-order valence-corrected chi connectivity index (χ4v) is 5.14. The Balaban J connectivity index is 1.38. The Kier molecular flexibility index (Phi) is 6.21. The third-order valence-electron chi connectivity index (χ3n) is 7.15. The van der Waals surface area contributed by atoms with Gasteiger partial charge >= 0.3 is 6.18 Å². The van der Waals surface area contributed by atoms with Crippen LogP contribution in [0.3, 0.4) is 0 Å². The van der Waals surface area contributed by atoms with Crippen molar-refractivity contribution in [3.63, 3.8) is 0 Å². The van der Waals surface area contributed by atoms with Gasteiger partial charge in [-0.1, -0.05) is 11.6 Å². The molecule has 2 fully saturated rings. The number of nitrogens with zero attached hydrogens (tertiary/aromatic N) is 4. The minimum absolute atomic E-state index is 0.00925. The number of halogens is 4. The number of aromatic nitrogens is 5. The van der Waals surface area contributed by atoms with E-state index in [4.69, 9.17) is 16.3 Å². The summed E-state index contributed by atoms with van der Waals surface area (Å²) < 4.78 is 44.2. The number of fused-ring (bicyclic) bond motifs is 1. The quantitative estimate of drug-likeness (QED) is 0.273. The summed E-state index contributed by atoms with van der Waals surface area (Å²) in [5, 5.41) is 17.7. The van der Waals surface area contributed by atoms with Crippen molar-refractivity contribution in [2.24, 2.45) is 5.92 Å². The Morgan fingerprint density at radius 3 is 2.70 bits per heavy atom. The monoisotopic (exact) mass is 573 g/mol. The number of H-pyrrole nitrogens is 1. The first-order chi connectivity index (χ1) is 19.0. The first kappa shape index (κ1) is 26.1. The van der Waals surface area contributed by atoms with E-state index in [2.05, 4.69) is 30.9 Å². The number of ether oxygens (including phenoxy) is 1. The van der Waals surface area contributed by atoms with E-state index in [1.807, 2.05) is 0 Å². The maximum Gasteiger partial charge on any atom is 0.422 e. The number of amides is 2. The number of carbonyl (C=O) groups excluding carboxylic acids is 2. The molecule has 2 aliphatic carbocycles. The predicted molar refractivity (Wildman–Crippen MR) is 139 cm³/mol. The molecule has 2 saturated carbocycles. The lowest BCUT2D eigenvalue weighted by Crippen LogP contribution is -2.39. The molecule has 208 valence electrons. The van der Waals surface area contributed by atoms with Crippen molar-refractivity contribution in [3.05, 3.63) is 58.5 Å². The summed E-state index contributed by atoms with van der Waals surface area (Å²) in [6.07, 6.45) is 2.29. The van der Waals surface area contributed by atoms with E-state index in [0.29, 0.717) is 22.4 Å². The zero-order valence-corrected chi connectivity index (χ0v) is 21.9. The van der Waals surface area contributed by atoms with Crippen LogP contribution in [0.15, 0.2) is 36.7 Å². The Bertz CT molecular complexity index is 1640. The molecular weight excluding hydrogens is 551 g/mol. The molecule has 0 atom stereocenters. The summed E-state index contributed by atoms with van der Waals surface area (Å²) in [6, 6.07) is 5.88. The largest absolute Gasteiger partial charge is 0.467 e. The number of pyridine rings is 1. The Labute approximate surface area is 230 Å². The van der Waals surface area contributed by atoms with Gasteiger partial charge in [-0.25, -0.2) is 9.67 Å². The summed E-state index contributed by atoms with van der Waals surface area (Å²) in [6.45, 7) is 0.126. The highest BCUT2D eigenvalue weighted by Crippen LogP contribution is 2.54. The van der Waals surface area contributed by atoms with Crippen LogP contribution in [0, 0.1) is 12.8 Å². The molecule has 0 saturated heterocycles. The molecule has 0 unspecified atom stereocenters. The Morgan fingerprint density at radius 2 is 2.02 bits per heavy atom. The average molecular weight is 574 g/mol. The number of alkyl halides is 3. The van der Waals surface area contributed by atoms with Crippen LogP contribution < -0.4 is 15.4 Å². The van der Waals surface area contributed by atoms with Gasteiger partial charge in [0, 0.05) is 23.2 Å². The number of nitrogens with one attached hydrogen (secondary N) is 3. The van der Waals surface area contributed by atoms with E-state index in [-0.39, 0.29) is 39.2 Å². The Morgan fingerprint density at radius 1 is 1.25 bits per heavy atom. The second kappa shape index (κ2) is 9.51. The van der Waals surface area contributed by atoms with Gasteiger partial charge in [-0.15, -0.1) is 5.10 Å². The van der Waals surface area contributed by atoms with E-state index in [1.54, 1.807) is 25.3 Å². The number of rotatable bonds is 8. The van der Waals surface area contributed by atoms with Crippen molar-refractivity contribution < 1.29 is 27.5 Å². The minimum atomic E-state index is -4.62. The van der Waals surface area contributed by atoms with Crippen LogP contribution in [-0.2, 0) is 0 Å². The number of carbonyl (C=O) groups is 2. The number of benzene rings is 1. The van der Waals surface area contributed by atoms with Crippen LogP contribution in [0.4, 0.5) is 18.9 Å². The highest BCUT2D eigenvalue weighted by molar-refractivity contribution is 6.32. The number of anilines is 1. The lowest BCUT2D eigenvalue weighted by Gasteiger charge is -2.20. The average Bonchev–Trinajstić information content (AvgIpc) is 3.80. The van der Waals surface area contributed by atoms with Crippen molar-refractivity contribution in [2.75, 3.05) is 11.9 Å². The maximum atomic E-state index is 13.7. The topological polar surface area (TPSA) is 127 Å². The molecule has 1 aromatic carbocycles. The van der Waals surface area contributed by atoms with Gasteiger partial charge in [-0.05, 0) is 62.3 Å². The molecule has 4 aromatic rings. The van der Waals surface area contributed by atoms with E-state index < -0.39 is 24.6 Å². The highest BCUT2D eigenvalue weighted by atomic mass is 35.5. The van der Waals surface area contributed by atoms with Gasteiger partial charge < -0.3 is 15.4 Å². The molecule has 0 bridgehead atoms. The lowest BCUT2D eigenvalue weighted by atomic mass is 10.0. The van der Waals surface area contributed by atoms with Crippen molar-refractivity contribution >= 4 is 40.0 Å². The van der Waals surface area contributed by atoms with Gasteiger partial charge in [0.1, 0.15) is 5.69 Å². The molecule has 0 radical (unpaired) electrons. The third-order valence-corrected chi connectivity index (χ3v) is 7.45. The van der Waals surface area contributed by atoms with Crippen molar-refractivity contribution in [2.45, 2.75) is 44.3 Å². The van der Waals surface area contributed by atoms with Crippen molar-refractivity contribution in [1.29, 1.82) is 0 Å². The van der Waals surface area contributed by atoms with Gasteiger partial charge in [0.15, 0.2) is 12.4 Å². The standard InChI is InChI=1S/C26H23ClF3N7O3/c1-13-9-14-11-32-35-21(14)19(24(39)34-25(6-7-25)15-4-5-15)20(13)33-23(38)17-10-18(40-12-26(28,29)30)36-37(17)22-16(27)3-2-8-31-22/h2-3,8-11,15H,4-7,12H2,1H3,(H,32,35)(H,33,38)(H,34,39). The summed E-state index contributed by atoms with van der Waals surface area (Å²) in [4.78, 5) is 31.5. The van der Waals surface area contributed by atoms with Crippen LogP contribution in [-0.4, -0.2) is 55.1 Å². The van der Waals surface area contributed by atoms with Crippen LogP contribution >= 0.6 is 11.6 Å². The normalized spacial score (nSPS) is 16.1. The second-order valence-electron chi connectivity index (χ2n) is 10.1. The van der Waals surface area contributed by atoms with Crippen LogP contribution in [0.1, 0.15) is 52.1 Å². The minimum Gasteiger partial charge on any atom is -0.467 e. The predicted octanol–water partition coefficient (Wildman–Crippen LogP) is 4.97. The smallest absolute Gasteiger partial charge is 0.422 e. The molecule has 2 amide bonds. The molecule has 6 rings (SSSR count). The van der Waals surface area contributed by atoms with Crippen molar-refractivity contribution in [1.82, 2.24) is 30.3 Å². The molecule has 3 heterocycles. The van der Waals surface area contributed by atoms with E-state index in [9.17, 15) is 22.8 Å². The first-order valence-corrected chi connectivity index (χ1v) is 12.9. The summed E-state index contributed by atoms with van der Waals surface area (Å²) in [5.74, 6) is -1.12. The van der Waals surface area contributed by atoms with Gasteiger partial charge in [0.2, 0.25) is 5.88 Å². The van der Waals surface area contributed by atoms with E-state index in [1.165, 1.54) is 12.3 Å². The summed E-state index contributed by atoms with van der Waals surface area (Å²) in [5.41, 5.74) is 1.03. The molecule has 2 aliphatic rings. The van der Waals surface area contributed by atoms with Crippen molar-refractivity contribution in [3.8, 4) is 11.7 Å². The molecular formula is C26H23ClF3N7O3. The fourth-order valence-electron chi connectivity index (χ4n) is 4.94. The zero-order valence-electron chi connectivity index (χ0n) is 21.1. The first-order valence-electron chi connectivity index (χ1n) is 12.6. The molecule has 0 spiro atoms. The van der Waals surface area contributed by atoms with Gasteiger partial charge in [0.05, 0.1) is 28.0 Å². The SMILES string of the molecule is Cc1cc2cn[nH]c2c(C(=O)NC2(C3CC3)CC2)c1NC(=O)c1cc(OCC(F)(F)F)nn1-c1ncccc1Cl. The highest BCUT2D eigenvalue weighted by Gasteiger charge is 2.55. The van der Waals surface area contributed by atoms with Crippen LogP contribution in [0.2, 0.25) is 5.02 Å². The van der Waals surface area contributed by atoms with E-state index >= 15 is 0 Å². The molecule has 40 heavy (non-hydrogen) atoms. The van der Waals surface area contributed by atoms with E-state index in [0.717, 1.165) is 36.4 Å². The third kappa shape index (κ3) is 4.96. The lowest BCUT2D eigenvalue weighted by molar-refractivity contribution is -0.154. The molecule has 3 N–H and O–H groups in total. The molecule has 0 aliphatic heterocycles. The number of hydrogen-bond donors (Lipinski definition) is 3. The van der Waals surface area contributed by atoms with Gasteiger partial charge in [-0.3, -0.25) is 14.7 Å². The number of hydrogen-bond acceptors (Lipinski definition) is 6. The summed E-state index contributed by atoms with van der Waals surface area (Å²) in [7, 11) is 0. The zero-order chi connectivity index (χ0) is 28.2. The van der Waals surface area contributed by atoms with Crippen LogP contribution in [0.5, 0.6) is 5.88 Å². The molecule has 3 aromatic heterocycles. The molecule has 10 nitrogen and oxygen atoms in total.